The first-order valence-corrected chi connectivity index (χ1v) is 7.88. The third-order valence-electron chi connectivity index (χ3n) is 4.02. The zero-order valence-electron chi connectivity index (χ0n) is 13.8. The van der Waals surface area contributed by atoms with E-state index in [0.29, 0.717) is 24.3 Å². The number of aromatic nitrogens is 4. The van der Waals surface area contributed by atoms with Crippen molar-refractivity contribution in [2.75, 3.05) is 6.61 Å². The summed E-state index contributed by atoms with van der Waals surface area (Å²) >= 11 is 0. The van der Waals surface area contributed by atoms with Crippen LogP contribution in [0.4, 0.5) is 0 Å². The molecule has 126 valence electrons. The lowest BCUT2D eigenvalue weighted by Crippen LogP contribution is -2.37. The van der Waals surface area contributed by atoms with Crippen LogP contribution < -0.4 is 16.0 Å². The summed E-state index contributed by atoms with van der Waals surface area (Å²) in [6.45, 7) is 1.27. The summed E-state index contributed by atoms with van der Waals surface area (Å²) in [7, 11) is 3.10. The van der Waals surface area contributed by atoms with Crippen molar-refractivity contribution in [3.63, 3.8) is 0 Å². The Morgan fingerprint density at radius 1 is 1.04 bits per heavy atom. The minimum Gasteiger partial charge on any atom is -0.494 e. The predicted molar refractivity (Wildman–Crippen MR) is 91.4 cm³/mol. The zero-order chi connectivity index (χ0) is 17.1. The number of imidazole rings is 1. The van der Waals surface area contributed by atoms with E-state index in [4.69, 9.17) is 4.74 Å². The summed E-state index contributed by atoms with van der Waals surface area (Å²) in [4.78, 5) is 28.4. The maximum Gasteiger partial charge on any atom is 0.332 e. The zero-order valence-corrected chi connectivity index (χ0v) is 13.8. The summed E-state index contributed by atoms with van der Waals surface area (Å²) in [5.41, 5.74) is 0.201. The maximum atomic E-state index is 12.3. The first kappa shape index (κ1) is 16.0. The lowest BCUT2D eigenvalue weighted by molar-refractivity contribution is 0.303. The lowest BCUT2D eigenvalue weighted by atomic mass is 10.3. The molecule has 0 N–H and O–H groups in total. The largest absolute Gasteiger partial charge is 0.494 e. The standard InChI is InChI=1S/C17H20N4O3/c1-19-15-14(16(22)20(2)17(19)23)21(12-18-15)10-6-7-11-24-13-8-4-3-5-9-13/h3-5,8-9,12H,6-7,10-11H2,1-2H3. The van der Waals surface area contributed by atoms with Crippen LogP contribution in [0.5, 0.6) is 5.75 Å². The van der Waals surface area contributed by atoms with Crippen LogP contribution in [0, 0.1) is 0 Å². The molecule has 0 aliphatic rings. The Hall–Kier alpha value is -2.83. The molecule has 0 aliphatic heterocycles. The Balaban J connectivity index is 1.66. The Labute approximate surface area is 138 Å². The highest BCUT2D eigenvalue weighted by molar-refractivity contribution is 5.69. The van der Waals surface area contributed by atoms with Gasteiger partial charge in [-0.05, 0) is 25.0 Å². The van der Waals surface area contributed by atoms with Crippen molar-refractivity contribution in [1.82, 2.24) is 18.7 Å². The van der Waals surface area contributed by atoms with Crippen molar-refractivity contribution in [3.05, 3.63) is 57.5 Å². The van der Waals surface area contributed by atoms with Crippen molar-refractivity contribution in [1.29, 1.82) is 0 Å². The lowest BCUT2D eigenvalue weighted by Gasteiger charge is -2.08. The molecule has 0 atom stereocenters. The highest BCUT2D eigenvalue weighted by atomic mass is 16.5. The summed E-state index contributed by atoms with van der Waals surface area (Å²) in [5, 5.41) is 0. The van der Waals surface area contributed by atoms with Gasteiger partial charge in [-0.3, -0.25) is 13.9 Å². The molecule has 0 amide bonds. The van der Waals surface area contributed by atoms with Crippen molar-refractivity contribution >= 4 is 11.2 Å². The molecule has 7 heteroatoms. The van der Waals surface area contributed by atoms with E-state index in [9.17, 15) is 9.59 Å². The molecular weight excluding hydrogens is 308 g/mol. The first-order valence-electron chi connectivity index (χ1n) is 7.88. The van der Waals surface area contributed by atoms with Gasteiger partial charge in [-0.2, -0.15) is 0 Å². The molecule has 0 aliphatic carbocycles. The molecule has 0 spiro atoms. The molecular formula is C17H20N4O3. The smallest absolute Gasteiger partial charge is 0.332 e. The highest BCUT2D eigenvalue weighted by Gasteiger charge is 2.13. The van der Waals surface area contributed by atoms with Gasteiger partial charge < -0.3 is 9.30 Å². The van der Waals surface area contributed by atoms with E-state index in [1.807, 2.05) is 30.3 Å². The maximum absolute atomic E-state index is 12.3. The molecule has 2 aromatic heterocycles. The first-order chi connectivity index (χ1) is 11.6. The number of rotatable bonds is 6. The molecule has 3 rings (SSSR count). The van der Waals surface area contributed by atoms with Crippen LogP contribution in [0.25, 0.3) is 11.2 Å². The molecule has 0 bridgehead atoms. The van der Waals surface area contributed by atoms with Crippen molar-refractivity contribution < 1.29 is 4.74 Å². The fourth-order valence-electron chi connectivity index (χ4n) is 2.66. The summed E-state index contributed by atoms with van der Waals surface area (Å²) < 4.78 is 9.96. The number of para-hydroxylation sites is 1. The molecule has 2 heterocycles. The van der Waals surface area contributed by atoms with Crippen molar-refractivity contribution in [3.8, 4) is 5.75 Å². The normalized spacial score (nSPS) is 11.1. The molecule has 0 radical (unpaired) electrons. The molecule has 7 nitrogen and oxygen atoms in total. The Kier molecular flexibility index (Phi) is 4.50. The topological polar surface area (TPSA) is 71.0 Å². The van der Waals surface area contributed by atoms with E-state index in [1.54, 1.807) is 17.9 Å². The number of ether oxygens (including phenoxy) is 1. The second kappa shape index (κ2) is 6.74. The van der Waals surface area contributed by atoms with Crippen LogP contribution in [-0.4, -0.2) is 25.3 Å². The highest BCUT2D eigenvalue weighted by Crippen LogP contribution is 2.10. The summed E-state index contributed by atoms with van der Waals surface area (Å²) in [6.07, 6.45) is 3.33. The van der Waals surface area contributed by atoms with Gasteiger partial charge in [0.25, 0.3) is 5.56 Å². The second-order valence-electron chi connectivity index (χ2n) is 5.68. The quantitative estimate of drug-likeness (QED) is 0.639. The van der Waals surface area contributed by atoms with E-state index in [0.717, 1.165) is 23.2 Å². The van der Waals surface area contributed by atoms with Crippen LogP contribution in [0.15, 0.2) is 46.2 Å². The average molecular weight is 328 g/mol. The van der Waals surface area contributed by atoms with Gasteiger partial charge in [0.2, 0.25) is 0 Å². The van der Waals surface area contributed by atoms with Crippen LogP contribution in [-0.2, 0) is 20.6 Å². The number of fused-ring (bicyclic) bond motifs is 1. The van der Waals surface area contributed by atoms with Gasteiger partial charge in [0.1, 0.15) is 5.75 Å². The summed E-state index contributed by atoms with van der Waals surface area (Å²) in [5.74, 6) is 0.856. The molecule has 0 saturated carbocycles. The molecule has 0 fully saturated rings. The predicted octanol–water partition coefficient (Wildman–Crippen LogP) is 1.29. The van der Waals surface area contributed by atoms with Crippen LogP contribution >= 0.6 is 0 Å². The van der Waals surface area contributed by atoms with Gasteiger partial charge in [0, 0.05) is 20.6 Å². The molecule has 0 saturated heterocycles. The number of hydrogen-bond donors (Lipinski definition) is 0. The average Bonchev–Trinajstić information content (AvgIpc) is 3.03. The Morgan fingerprint density at radius 2 is 1.79 bits per heavy atom. The van der Waals surface area contributed by atoms with E-state index in [-0.39, 0.29) is 11.2 Å². The minimum atomic E-state index is -0.367. The SMILES string of the molecule is Cn1c(=O)c2c(ncn2CCCCOc2ccccc2)n(C)c1=O. The van der Waals surface area contributed by atoms with Crippen molar-refractivity contribution in [2.24, 2.45) is 14.1 Å². The minimum absolute atomic E-state index is 0.314. The van der Waals surface area contributed by atoms with Gasteiger partial charge in [0.15, 0.2) is 11.2 Å². The van der Waals surface area contributed by atoms with E-state index >= 15 is 0 Å². The van der Waals surface area contributed by atoms with Crippen LogP contribution in [0.3, 0.4) is 0 Å². The summed E-state index contributed by atoms with van der Waals surface area (Å²) in [6, 6.07) is 9.67. The van der Waals surface area contributed by atoms with E-state index < -0.39 is 0 Å². The third-order valence-corrected chi connectivity index (χ3v) is 4.02. The Morgan fingerprint density at radius 3 is 2.54 bits per heavy atom. The molecule has 24 heavy (non-hydrogen) atoms. The van der Waals surface area contributed by atoms with Crippen LogP contribution in [0.1, 0.15) is 12.8 Å². The molecule has 1 aromatic carbocycles. The number of hydrogen-bond acceptors (Lipinski definition) is 4. The van der Waals surface area contributed by atoms with Crippen molar-refractivity contribution in [2.45, 2.75) is 19.4 Å². The molecule has 3 aromatic rings. The van der Waals surface area contributed by atoms with Gasteiger partial charge in [-0.1, -0.05) is 18.2 Å². The number of nitrogens with zero attached hydrogens (tertiary/aromatic N) is 4. The van der Waals surface area contributed by atoms with E-state index in [1.165, 1.54) is 11.6 Å². The fourth-order valence-corrected chi connectivity index (χ4v) is 2.66. The number of aryl methyl sites for hydroxylation is 2. The number of unbranched alkanes of at least 4 members (excludes halogenated alkanes) is 1. The third kappa shape index (κ3) is 2.97. The van der Waals surface area contributed by atoms with Gasteiger partial charge in [0.05, 0.1) is 12.9 Å². The Bertz CT molecular complexity index is 954. The second-order valence-corrected chi connectivity index (χ2v) is 5.68. The monoisotopic (exact) mass is 328 g/mol. The van der Waals surface area contributed by atoms with E-state index in [2.05, 4.69) is 4.98 Å². The van der Waals surface area contributed by atoms with Gasteiger partial charge in [-0.15, -0.1) is 0 Å². The van der Waals surface area contributed by atoms with Gasteiger partial charge in [-0.25, -0.2) is 9.78 Å². The van der Waals surface area contributed by atoms with Crippen LogP contribution in [0.2, 0.25) is 0 Å². The van der Waals surface area contributed by atoms with Gasteiger partial charge >= 0.3 is 5.69 Å². The molecule has 0 unspecified atom stereocenters. The number of benzene rings is 1. The fraction of sp³-hybridized carbons (Fsp3) is 0.353.